The summed E-state index contributed by atoms with van der Waals surface area (Å²) in [5.41, 5.74) is 1.42. The maximum Gasteiger partial charge on any atom is 0.166 e. The third-order valence-corrected chi connectivity index (χ3v) is 4.15. The van der Waals surface area contributed by atoms with Crippen LogP contribution in [0.25, 0.3) is 5.65 Å². The number of hydrogen-bond donors (Lipinski definition) is 1. The number of aromatic nitrogens is 3. The molecule has 4 heteroatoms. The SMILES string of the molecule is CC(C)(O)c1cccn2c(C(C)(C)c3ccccc3)nnc12. The lowest BCUT2D eigenvalue weighted by Gasteiger charge is -2.24. The van der Waals surface area contributed by atoms with E-state index >= 15 is 0 Å². The number of hydrogen-bond acceptors (Lipinski definition) is 3. The Labute approximate surface area is 130 Å². The average molecular weight is 295 g/mol. The molecule has 1 aromatic carbocycles. The van der Waals surface area contributed by atoms with E-state index in [1.165, 1.54) is 5.56 Å². The Bertz CT molecular complexity index is 798. The van der Waals surface area contributed by atoms with Crippen molar-refractivity contribution in [3.8, 4) is 0 Å². The number of aliphatic hydroxyl groups is 1. The summed E-state index contributed by atoms with van der Waals surface area (Å²) in [5.74, 6) is 0.861. The van der Waals surface area contributed by atoms with E-state index < -0.39 is 5.60 Å². The molecular formula is C18H21N3O. The number of rotatable bonds is 3. The molecule has 0 bridgehead atoms. The summed E-state index contributed by atoms with van der Waals surface area (Å²) in [6.45, 7) is 7.79. The van der Waals surface area contributed by atoms with Gasteiger partial charge in [-0.1, -0.05) is 36.4 Å². The second-order valence-electron chi connectivity index (χ2n) is 6.69. The van der Waals surface area contributed by atoms with Crippen LogP contribution in [0.3, 0.4) is 0 Å². The predicted molar refractivity (Wildman–Crippen MR) is 86.8 cm³/mol. The molecule has 0 radical (unpaired) electrons. The molecule has 0 saturated carbocycles. The number of pyridine rings is 1. The fourth-order valence-corrected chi connectivity index (χ4v) is 2.80. The first-order valence-electron chi connectivity index (χ1n) is 7.44. The van der Waals surface area contributed by atoms with Gasteiger partial charge in [0.1, 0.15) is 5.82 Å². The molecule has 0 atom stereocenters. The highest BCUT2D eigenvalue weighted by atomic mass is 16.3. The third-order valence-electron chi connectivity index (χ3n) is 4.15. The highest BCUT2D eigenvalue weighted by Crippen LogP contribution is 2.32. The Hall–Kier alpha value is -2.20. The smallest absolute Gasteiger partial charge is 0.166 e. The van der Waals surface area contributed by atoms with E-state index in [-0.39, 0.29) is 5.41 Å². The van der Waals surface area contributed by atoms with Crippen LogP contribution in [0.5, 0.6) is 0 Å². The number of benzene rings is 1. The van der Waals surface area contributed by atoms with Crippen LogP contribution >= 0.6 is 0 Å². The second kappa shape index (κ2) is 4.92. The molecule has 0 aliphatic heterocycles. The van der Waals surface area contributed by atoms with Crippen molar-refractivity contribution >= 4 is 5.65 Å². The van der Waals surface area contributed by atoms with Crippen LogP contribution in [-0.4, -0.2) is 19.7 Å². The molecule has 0 aliphatic carbocycles. The number of fused-ring (bicyclic) bond motifs is 1. The van der Waals surface area contributed by atoms with Gasteiger partial charge in [0.05, 0.1) is 11.0 Å². The van der Waals surface area contributed by atoms with Gasteiger partial charge in [0.2, 0.25) is 0 Å². The zero-order valence-corrected chi connectivity index (χ0v) is 13.4. The third kappa shape index (κ3) is 2.29. The molecule has 22 heavy (non-hydrogen) atoms. The van der Waals surface area contributed by atoms with Crippen molar-refractivity contribution in [2.45, 2.75) is 38.7 Å². The Balaban J connectivity index is 2.22. The molecule has 0 saturated heterocycles. The first-order chi connectivity index (χ1) is 10.3. The van der Waals surface area contributed by atoms with Crippen molar-refractivity contribution in [1.29, 1.82) is 0 Å². The second-order valence-corrected chi connectivity index (χ2v) is 6.69. The molecule has 0 spiro atoms. The molecule has 0 amide bonds. The zero-order chi connectivity index (χ0) is 16.0. The minimum Gasteiger partial charge on any atom is -0.386 e. The lowest BCUT2D eigenvalue weighted by atomic mass is 9.84. The van der Waals surface area contributed by atoms with Crippen LogP contribution in [0.1, 0.15) is 44.6 Å². The topological polar surface area (TPSA) is 50.4 Å². The van der Waals surface area contributed by atoms with E-state index in [0.29, 0.717) is 5.65 Å². The van der Waals surface area contributed by atoms with Gasteiger partial charge in [-0.2, -0.15) is 0 Å². The Morgan fingerprint density at radius 3 is 2.23 bits per heavy atom. The van der Waals surface area contributed by atoms with Gasteiger partial charge in [0.25, 0.3) is 0 Å². The predicted octanol–water partition coefficient (Wildman–Crippen LogP) is 3.28. The first-order valence-corrected chi connectivity index (χ1v) is 7.44. The normalized spacial score (nSPS) is 12.8. The van der Waals surface area contributed by atoms with Crippen molar-refractivity contribution in [2.24, 2.45) is 0 Å². The van der Waals surface area contributed by atoms with Crippen LogP contribution in [0.15, 0.2) is 48.7 Å². The van der Waals surface area contributed by atoms with E-state index in [9.17, 15) is 5.11 Å². The molecule has 2 aromatic heterocycles. The zero-order valence-electron chi connectivity index (χ0n) is 13.4. The largest absolute Gasteiger partial charge is 0.386 e. The van der Waals surface area contributed by atoms with Crippen LogP contribution in [0.2, 0.25) is 0 Å². The van der Waals surface area contributed by atoms with Crippen molar-refractivity contribution in [2.75, 3.05) is 0 Å². The molecule has 0 unspecified atom stereocenters. The Kier molecular flexibility index (Phi) is 3.29. The van der Waals surface area contributed by atoms with Gasteiger partial charge >= 0.3 is 0 Å². The van der Waals surface area contributed by atoms with Crippen molar-refractivity contribution < 1.29 is 5.11 Å². The molecule has 1 N–H and O–H groups in total. The van der Waals surface area contributed by atoms with E-state index in [1.54, 1.807) is 13.8 Å². The molecule has 0 aliphatic rings. The Morgan fingerprint density at radius 2 is 1.59 bits per heavy atom. The van der Waals surface area contributed by atoms with Gasteiger partial charge in [-0.25, -0.2) is 0 Å². The molecule has 4 nitrogen and oxygen atoms in total. The summed E-state index contributed by atoms with van der Waals surface area (Å²) in [6, 6.07) is 14.1. The molecule has 3 aromatic rings. The van der Waals surface area contributed by atoms with Crippen LogP contribution in [0, 0.1) is 0 Å². The summed E-state index contributed by atoms with van der Waals surface area (Å²) >= 11 is 0. The Morgan fingerprint density at radius 1 is 0.909 bits per heavy atom. The lowest BCUT2D eigenvalue weighted by Crippen LogP contribution is -2.23. The van der Waals surface area contributed by atoms with Crippen molar-refractivity contribution in [3.05, 3.63) is 65.6 Å². The van der Waals surface area contributed by atoms with Crippen LogP contribution < -0.4 is 0 Å². The molecule has 3 rings (SSSR count). The van der Waals surface area contributed by atoms with E-state index in [0.717, 1.165) is 11.4 Å². The van der Waals surface area contributed by atoms with Gasteiger partial charge in [0, 0.05) is 11.8 Å². The molecule has 114 valence electrons. The minimum absolute atomic E-state index is 0.279. The minimum atomic E-state index is -0.955. The summed E-state index contributed by atoms with van der Waals surface area (Å²) in [6.07, 6.45) is 1.95. The highest BCUT2D eigenvalue weighted by Gasteiger charge is 2.30. The monoisotopic (exact) mass is 295 g/mol. The molecule has 0 fully saturated rings. The molecular weight excluding hydrogens is 274 g/mol. The quantitative estimate of drug-likeness (QED) is 0.806. The average Bonchev–Trinajstić information content (AvgIpc) is 2.91. The number of nitrogens with zero attached hydrogens (tertiary/aromatic N) is 3. The van der Waals surface area contributed by atoms with Gasteiger partial charge in [-0.15, -0.1) is 10.2 Å². The van der Waals surface area contributed by atoms with Crippen molar-refractivity contribution in [1.82, 2.24) is 14.6 Å². The van der Waals surface area contributed by atoms with Gasteiger partial charge < -0.3 is 5.11 Å². The highest BCUT2D eigenvalue weighted by molar-refractivity contribution is 5.51. The van der Waals surface area contributed by atoms with Crippen LogP contribution in [-0.2, 0) is 11.0 Å². The standard InChI is InChI=1S/C18H21N3O/c1-17(2,13-9-6-5-7-10-13)16-20-19-15-14(18(3,4)22)11-8-12-21(15)16/h5-12,22H,1-4H3. The first kappa shape index (κ1) is 14.7. The van der Waals surface area contributed by atoms with Gasteiger partial charge in [-0.3, -0.25) is 4.40 Å². The molecule has 2 heterocycles. The summed E-state index contributed by atoms with van der Waals surface area (Å²) in [4.78, 5) is 0. The van der Waals surface area contributed by atoms with Crippen molar-refractivity contribution in [3.63, 3.8) is 0 Å². The summed E-state index contributed by atoms with van der Waals surface area (Å²) < 4.78 is 1.97. The van der Waals surface area contributed by atoms with E-state index in [1.807, 2.05) is 40.9 Å². The summed E-state index contributed by atoms with van der Waals surface area (Å²) in [5, 5.41) is 19.1. The van der Waals surface area contributed by atoms with Gasteiger partial charge in [-0.05, 0) is 39.3 Å². The maximum absolute atomic E-state index is 10.3. The van der Waals surface area contributed by atoms with E-state index in [2.05, 4.69) is 36.2 Å². The maximum atomic E-state index is 10.3. The van der Waals surface area contributed by atoms with E-state index in [4.69, 9.17) is 0 Å². The van der Waals surface area contributed by atoms with Crippen LogP contribution in [0.4, 0.5) is 0 Å². The summed E-state index contributed by atoms with van der Waals surface area (Å²) in [7, 11) is 0. The fraction of sp³-hybridized carbons (Fsp3) is 0.333. The fourth-order valence-electron chi connectivity index (χ4n) is 2.80. The lowest BCUT2D eigenvalue weighted by molar-refractivity contribution is 0.0796. The van der Waals surface area contributed by atoms with Gasteiger partial charge in [0.15, 0.2) is 5.65 Å².